The molecule has 36 heavy (non-hydrogen) atoms. The summed E-state index contributed by atoms with van der Waals surface area (Å²) in [6, 6.07) is 7.54. The number of rotatable bonds is 4. The van der Waals surface area contributed by atoms with Crippen molar-refractivity contribution in [3.63, 3.8) is 0 Å². The topological polar surface area (TPSA) is 72.9 Å². The van der Waals surface area contributed by atoms with Gasteiger partial charge in [-0.25, -0.2) is 0 Å². The van der Waals surface area contributed by atoms with Crippen molar-refractivity contribution in [3.8, 4) is 5.75 Å². The van der Waals surface area contributed by atoms with E-state index in [-0.39, 0.29) is 34.9 Å². The molecule has 2 heterocycles. The van der Waals surface area contributed by atoms with Gasteiger partial charge in [-0.15, -0.1) is 0 Å². The van der Waals surface area contributed by atoms with Crippen LogP contribution < -0.4 is 4.74 Å². The monoisotopic (exact) mass is 491 g/mol. The van der Waals surface area contributed by atoms with E-state index in [1.165, 1.54) is 6.42 Å². The molecule has 0 unspecified atom stereocenters. The molecule has 1 aromatic carbocycles. The summed E-state index contributed by atoms with van der Waals surface area (Å²) in [4.78, 5) is 41.4. The molecule has 0 saturated carbocycles. The van der Waals surface area contributed by atoms with Crippen LogP contribution in [0.2, 0.25) is 0 Å². The first-order valence-corrected chi connectivity index (χ1v) is 13.2. The Kier molecular flexibility index (Phi) is 6.34. The number of ketones is 2. The highest BCUT2D eigenvalue weighted by atomic mass is 16.5. The summed E-state index contributed by atoms with van der Waals surface area (Å²) in [5.74, 6) is 1.60. The third-order valence-corrected chi connectivity index (χ3v) is 7.84. The minimum absolute atomic E-state index is 0.00413. The minimum atomic E-state index is -0.461. The standard InChI is InChI=1S/C30H37NO5/c1-29(2)14-21(32)27-23(16-29)36-24-17-30(3,4)15-22(33)28(24)26(27)19-9-8-10-20(13-19)35-18-25(34)31-11-6-5-7-12-31/h8-10,13,26H,5-7,11-12,14-18H2,1-4H3. The van der Waals surface area contributed by atoms with E-state index in [2.05, 4.69) is 27.7 Å². The quantitative estimate of drug-likeness (QED) is 0.558. The Labute approximate surface area is 213 Å². The highest BCUT2D eigenvalue weighted by Gasteiger charge is 2.47. The van der Waals surface area contributed by atoms with Gasteiger partial charge in [0.05, 0.1) is 0 Å². The van der Waals surface area contributed by atoms with Crippen LogP contribution in [0.25, 0.3) is 0 Å². The molecule has 0 atom stereocenters. The fourth-order valence-electron chi connectivity index (χ4n) is 6.17. The van der Waals surface area contributed by atoms with Gasteiger partial charge >= 0.3 is 0 Å². The fraction of sp³-hybridized carbons (Fsp3) is 0.567. The van der Waals surface area contributed by atoms with Gasteiger partial charge in [0.25, 0.3) is 5.91 Å². The zero-order valence-corrected chi connectivity index (χ0v) is 21.9. The number of benzene rings is 1. The molecule has 1 aromatic rings. The van der Waals surface area contributed by atoms with Crippen LogP contribution in [0, 0.1) is 10.8 Å². The summed E-state index contributed by atoms with van der Waals surface area (Å²) in [6.07, 6.45) is 5.42. The summed E-state index contributed by atoms with van der Waals surface area (Å²) < 4.78 is 12.3. The molecule has 6 nitrogen and oxygen atoms in total. The molecule has 5 rings (SSSR count). The number of nitrogens with zero attached hydrogens (tertiary/aromatic N) is 1. The number of carbonyl (C=O) groups is 3. The third-order valence-electron chi connectivity index (χ3n) is 7.84. The number of hydrogen-bond donors (Lipinski definition) is 0. The van der Waals surface area contributed by atoms with Gasteiger partial charge < -0.3 is 14.4 Å². The maximum Gasteiger partial charge on any atom is 0.260 e. The molecule has 0 aromatic heterocycles. The zero-order valence-electron chi connectivity index (χ0n) is 21.9. The smallest absolute Gasteiger partial charge is 0.260 e. The van der Waals surface area contributed by atoms with Gasteiger partial charge in [-0.1, -0.05) is 39.8 Å². The van der Waals surface area contributed by atoms with Gasteiger partial charge in [0.15, 0.2) is 18.2 Å². The van der Waals surface area contributed by atoms with Crippen LogP contribution in [0.15, 0.2) is 46.9 Å². The number of Topliss-reactive ketones (excluding diaryl/α,β-unsaturated/α-hetero) is 2. The Morgan fingerprint density at radius 3 is 2.08 bits per heavy atom. The SMILES string of the molecule is CC1(C)CC(=O)C2=C(C1)OC1=C(C(=O)CC(C)(C)C1)C2c1cccc(OCC(=O)N2CCCCC2)c1. The largest absolute Gasteiger partial charge is 0.484 e. The second-order valence-corrected chi connectivity index (χ2v) is 12.4. The molecule has 192 valence electrons. The predicted octanol–water partition coefficient (Wildman–Crippen LogP) is 5.48. The van der Waals surface area contributed by atoms with Crippen molar-refractivity contribution in [1.82, 2.24) is 4.90 Å². The van der Waals surface area contributed by atoms with E-state index in [4.69, 9.17) is 9.47 Å². The molecule has 4 aliphatic rings. The number of ether oxygens (including phenoxy) is 2. The van der Waals surface area contributed by atoms with E-state index in [0.29, 0.717) is 54.1 Å². The molecule has 1 saturated heterocycles. The maximum absolute atomic E-state index is 13.5. The number of allylic oxidation sites excluding steroid dienone is 4. The highest BCUT2D eigenvalue weighted by Crippen LogP contribution is 2.53. The van der Waals surface area contributed by atoms with Crippen molar-refractivity contribution in [1.29, 1.82) is 0 Å². The minimum Gasteiger partial charge on any atom is -0.484 e. The number of amides is 1. The zero-order chi connectivity index (χ0) is 25.7. The Morgan fingerprint density at radius 2 is 1.50 bits per heavy atom. The van der Waals surface area contributed by atoms with E-state index in [1.807, 2.05) is 29.2 Å². The molecule has 0 spiro atoms. The third kappa shape index (κ3) is 4.87. The van der Waals surface area contributed by atoms with E-state index in [0.717, 1.165) is 31.5 Å². The molecule has 0 radical (unpaired) electrons. The van der Waals surface area contributed by atoms with Crippen molar-refractivity contribution in [2.45, 2.75) is 78.6 Å². The van der Waals surface area contributed by atoms with Crippen molar-refractivity contribution in [2.24, 2.45) is 10.8 Å². The van der Waals surface area contributed by atoms with Crippen LogP contribution in [0.5, 0.6) is 5.75 Å². The molecule has 2 aliphatic heterocycles. The Hall–Kier alpha value is -2.89. The lowest BCUT2D eigenvalue weighted by molar-refractivity contribution is -0.134. The molecular weight excluding hydrogens is 454 g/mol. The number of carbonyl (C=O) groups excluding carboxylic acids is 3. The summed E-state index contributed by atoms with van der Waals surface area (Å²) in [6.45, 7) is 9.90. The van der Waals surface area contributed by atoms with Crippen LogP contribution >= 0.6 is 0 Å². The van der Waals surface area contributed by atoms with Crippen LogP contribution in [0.4, 0.5) is 0 Å². The highest BCUT2D eigenvalue weighted by molar-refractivity contribution is 6.06. The van der Waals surface area contributed by atoms with Crippen molar-refractivity contribution in [3.05, 3.63) is 52.5 Å². The van der Waals surface area contributed by atoms with Crippen molar-refractivity contribution < 1.29 is 23.9 Å². The predicted molar refractivity (Wildman–Crippen MR) is 136 cm³/mol. The first-order valence-electron chi connectivity index (χ1n) is 13.2. The molecular formula is C30H37NO5. The lowest BCUT2D eigenvalue weighted by Gasteiger charge is -2.42. The summed E-state index contributed by atoms with van der Waals surface area (Å²) in [5, 5.41) is 0. The van der Waals surface area contributed by atoms with E-state index in [1.54, 1.807) is 0 Å². The average Bonchev–Trinajstić information content (AvgIpc) is 2.80. The van der Waals surface area contributed by atoms with Crippen LogP contribution in [0.1, 0.15) is 84.1 Å². The lowest BCUT2D eigenvalue weighted by atomic mass is 9.65. The molecule has 6 heteroatoms. The summed E-state index contributed by atoms with van der Waals surface area (Å²) in [5.41, 5.74) is 1.69. The Balaban J connectivity index is 1.48. The maximum atomic E-state index is 13.5. The molecule has 1 amide bonds. The first kappa shape index (κ1) is 24.8. The van der Waals surface area contributed by atoms with E-state index >= 15 is 0 Å². The van der Waals surface area contributed by atoms with Gasteiger partial charge in [0.2, 0.25) is 0 Å². The molecule has 1 fully saturated rings. The average molecular weight is 492 g/mol. The van der Waals surface area contributed by atoms with Gasteiger partial charge in [0, 0.05) is 55.8 Å². The van der Waals surface area contributed by atoms with Gasteiger partial charge in [-0.2, -0.15) is 0 Å². The van der Waals surface area contributed by atoms with Gasteiger partial charge in [0.1, 0.15) is 17.3 Å². The van der Waals surface area contributed by atoms with E-state index in [9.17, 15) is 14.4 Å². The number of piperidine rings is 1. The Bertz CT molecular complexity index is 1110. The number of hydrogen-bond acceptors (Lipinski definition) is 5. The Morgan fingerprint density at radius 1 is 0.917 bits per heavy atom. The van der Waals surface area contributed by atoms with E-state index < -0.39 is 5.92 Å². The van der Waals surface area contributed by atoms with Crippen LogP contribution in [0.3, 0.4) is 0 Å². The van der Waals surface area contributed by atoms with Crippen LogP contribution in [-0.2, 0) is 19.1 Å². The first-order chi connectivity index (χ1) is 17.0. The lowest BCUT2D eigenvalue weighted by Crippen LogP contribution is -2.38. The second-order valence-electron chi connectivity index (χ2n) is 12.4. The molecule has 0 N–H and O–H groups in total. The van der Waals surface area contributed by atoms with Crippen molar-refractivity contribution >= 4 is 17.5 Å². The van der Waals surface area contributed by atoms with Gasteiger partial charge in [-0.05, 0) is 47.8 Å². The second kappa shape index (κ2) is 9.20. The van der Waals surface area contributed by atoms with Gasteiger partial charge in [-0.3, -0.25) is 14.4 Å². The molecule has 0 bridgehead atoms. The van der Waals surface area contributed by atoms with Crippen LogP contribution in [-0.4, -0.2) is 42.1 Å². The fourth-order valence-corrected chi connectivity index (χ4v) is 6.17. The summed E-state index contributed by atoms with van der Waals surface area (Å²) >= 11 is 0. The number of likely N-dealkylation sites (tertiary alicyclic amines) is 1. The normalized spacial score (nSPS) is 23.7. The van der Waals surface area contributed by atoms with Crippen molar-refractivity contribution in [2.75, 3.05) is 19.7 Å². The summed E-state index contributed by atoms with van der Waals surface area (Å²) in [7, 11) is 0. The molecule has 2 aliphatic carbocycles.